The van der Waals surface area contributed by atoms with E-state index in [1.165, 1.54) is 6.07 Å². The molecule has 26 heavy (non-hydrogen) atoms. The second-order valence-corrected chi connectivity index (χ2v) is 7.16. The molecule has 2 aromatic carbocycles. The Morgan fingerprint density at radius 2 is 1.73 bits per heavy atom. The number of hydrogen-bond acceptors (Lipinski definition) is 5. The maximum Gasteiger partial charge on any atom is 0.340 e. The summed E-state index contributed by atoms with van der Waals surface area (Å²) in [6, 6.07) is 10.5. The maximum absolute atomic E-state index is 12.2. The van der Waals surface area contributed by atoms with Gasteiger partial charge in [-0.1, -0.05) is 56.6 Å². The van der Waals surface area contributed by atoms with Crippen molar-refractivity contribution in [1.82, 2.24) is 0 Å². The molecule has 0 amide bonds. The third-order valence-electron chi connectivity index (χ3n) is 3.79. The minimum absolute atomic E-state index is 0.0271. The molecule has 7 heteroatoms. The van der Waals surface area contributed by atoms with Crippen LogP contribution >= 0.6 is 11.6 Å². The highest BCUT2D eigenvalue weighted by atomic mass is 35.5. The molecule has 0 aromatic heterocycles. The molecule has 6 nitrogen and oxygen atoms in total. The monoisotopic (exact) mass is 375 g/mol. The van der Waals surface area contributed by atoms with Crippen molar-refractivity contribution in [2.45, 2.75) is 26.2 Å². The van der Waals surface area contributed by atoms with Crippen LogP contribution in [-0.4, -0.2) is 23.3 Å². The van der Waals surface area contributed by atoms with Gasteiger partial charge in [0.1, 0.15) is 0 Å². The Morgan fingerprint density at radius 3 is 2.23 bits per heavy atom. The average molecular weight is 376 g/mol. The predicted octanol–water partition coefficient (Wildman–Crippen LogP) is 4.59. The van der Waals surface area contributed by atoms with Crippen LogP contribution in [0.4, 0.5) is 5.69 Å². The van der Waals surface area contributed by atoms with E-state index in [0.29, 0.717) is 5.56 Å². The molecular formula is C19H18ClNO5. The second-order valence-electron chi connectivity index (χ2n) is 6.75. The molecule has 0 atom stereocenters. The lowest BCUT2D eigenvalue weighted by molar-refractivity contribution is -0.384. The Bertz CT molecular complexity index is 853. The summed E-state index contributed by atoms with van der Waals surface area (Å²) < 4.78 is 4.98. The number of carbonyl (C=O) groups is 2. The molecule has 0 saturated heterocycles. The molecule has 0 spiro atoms. The van der Waals surface area contributed by atoms with E-state index < -0.39 is 17.5 Å². The number of non-ortho nitro benzene ring substituents is 1. The minimum Gasteiger partial charge on any atom is -0.454 e. The number of nitro groups is 1. The molecule has 0 aliphatic heterocycles. The molecule has 136 valence electrons. The Hall–Kier alpha value is -2.73. The third-order valence-corrected chi connectivity index (χ3v) is 4.10. The molecule has 0 N–H and O–H groups in total. The number of hydrogen-bond donors (Lipinski definition) is 0. The Morgan fingerprint density at radius 1 is 1.12 bits per heavy atom. The van der Waals surface area contributed by atoms with Crippen LogP contribution in [0.3, 0.4) is 0 Å². The summed E-state index contributed by atoms with van der Waals surface area (Å²) in [5.41, 5.74) is 1.22. The molecule has 0 radical (unpaired) electrons. The topological polar surface area (TPSA) is 86.5 Å². The van der Waals surface area contributed by atoms with Gasteiger partial charge in [-0.2, -0.15) is 0 Å². The Kier molecular flexibility index (Phi) is 5.77. The highest BCUT2D eigenvalue weighted by Crippen LogP contribution is 2.24. The summed E-state index contributed by atoms with van der Waals surface area (Å²) in [5, 5.41) is 10.6. The Labute approximate surface area is 155 Å². The third kappa shape index (κ3) is 4.67. The van der Waals surface area contributed by atoms with Gasteiger partial charge in [0.15, 0.2) is 12.4 Å². The van der Waals surface area contributed by atoms with Crippen molar-refractivity contribution >= 4 is 29.0 Å². The van der Waals surface area contributed by atoms with E-state index in [1.54, 1.807) is 12.1 Å². The first-order valence-corrected chi connectivity index (χ1v) is 8.22. The molecule has 2 rings (SSSR count). The summed E-state index contributed by atoms with van der Waals surface area (Å²) in [4.78, 5) is 34.3. The molecule has 0 aliphatic carbocycles. The predicted molar refractivity (Wildman–Crippen MR) is 97.9 cm³/mol. The lowest BCUT2D eigenvalue weighted by atomic mass is 9.86. The summed E-state index contributed by atoms with van der Waals surface area (Å²) >= 11 is 5.87. The van der Waals surface area contributed by atoms with E-state index in [-0.39, 0.29) is 27.5 Å². The normalized spacial score (nSPS) is 11.1. The van der Waals surface area contributed by atoms with Gasteiger partial charge in [0.2, 0.25) is 0 Å². The van der Waals surface area contributed by atoms with E-state index >= 15 is 0 Å². The fourth-order valence-corrected chi connectivity index (χ4v) is 2.48. The van der Waals surface area contributed by atoms with Crippen molar-refractivity contribution in [2.75, 3.05) is 6.61 Å². The number of rotatable bonds is 5. The van der Waals surface area contributed by atoms with Gasteiger partial charge in [-0.05, 0) is 17.0 Å². The number of nitro benzene ring substituents is 1. The number of ketones is 1. The van der Waals surface area contributed by atoms with Crippen LogP contribution in [0.15, 0.2) is 42.5 Å². The van der Waals surface area contributed by atoms with Crippen LogP contribution in [-0.2, 0) is 10.2 Å². The number of halogens is 1. The SMILES string of the molecule is CC(C)(C)c1ccc(C(=O)COC(=O)c2ccc([N+](=O)[O-])cc2Cl)cc1. The standard InChI is InChI=1S/C19H18ClNO5/c1-19(2,3)13-6-4-12(5-7-13)17(22)11-26-18(23)15-9-8-14(21(24)25)10-16(15)20/h4-10H,11H2,1-3H3. The van der Waals surface area contributed by atoms with Gasteiger partial charge < -0.3 is 4.74 Å². The van der Waals surface area contributed by atoms with Gasteiger partial charge in [-0.3, -0.25) is 14.9 Å². The summed E-state index contributed by atoms with van der Waals surface area (Å²) in [6.45, 7) is 5.76. The van der Waals surface area contributed by atoms with Gasteiger partial charge >= 0.3 is 5.97 Å². The number of Topliss-reactive ketones (excluding diaryl/α,β-unsaturated/α-hetero) is 1. The first-order chi connectivity index (χ1) is 12.1. The summed E-state index contributed by atoms with van der Waals surface area (Å²) in [7, 11) is 0. The maximum atomic E-state index is 12.2. The van der Waals surface area contributed by atoms with Crippen molar-refractivity contribution in [3.8, 4) is 0 Å². The van der Waals surface area contributed by atoms with Crippen LogP contribution in [0.1, 0.15) is 47.1 Å². The van der Waals surface area contributed by atoms with Gasteiger partial charge in [0.25, 0.3) is 5.69 Å². The van der Waals surface area contributed by atoms with Crippen molar-refractivity contribution in [3.63, 3.8) is 0 Å². The first kappa shape index (κ1) is 19.6. The van der Waals surface area contributed by atoms with E-state index in [0.717, 1.165) is 17.7 Å². The fraction of sp³-hybridized carbons (Fsp3) is 0.263. The van der Waals surface area contributed by atoms with Gasteiger partial charge in [-0.25, -0.2) is 4.79 Å². The summed E-state index contributed by atoms with van der Waals surface area (Å²) in [5.74, 6) is -1.17. The van der Waals surface area contributed by atoms with Crippen LogP contribution in [0.25, 0.3) is 0 Å². The van der Waals surface area contributed by atoms with Crippen molar-refractivity contribution in [1.29, 1.82) is 0 Å². The summed E-state index contributed by atoms with van der Waals surface area (Å²) in [6.07, 6.45) is 0. The first-order valence-electron chi connectivity index (χ1n) is 7.84. The molecule has 0 heterocycles. The van der Waals surface area contributed by atoms with Gasteiger partial charge in [0, 0.05) is 17.7 Å². The quantitative estimate of drug-likeness (QED) is 0.330. The molecule has 0 bridgehead atoms. The average Bonchev–Trinajstić information content (AvgIpc) is 2.58. The number of benzene rings is 2. The van der Waals surface area contributed by atoms with Gasteiger partial charge in [0.05, 0.1) is 15.5 Å². The highest BCUT2D eigenvalue weighted by Gasteiger charge is 2.18. The fourth-order valence-electron chi connectivity index (χ4n) is 2.23. The highest BCUT2D eigenvalue weighted by molar-refractivity contribution is 6.33. The number of ether oxygens (including phenoxy) is 1. The second kappa shape index (κ2) is 7.66. The van der Waals surface area contributed by atoms with E-state index in [2.05, 4.69) is 20.8 Å². The molecule has 0 saturated carbocycles. The number of carbonyl (C=O) groups excluding carboxylic acids is 2. The van der Waals surface area contributed by atoms with Crippen LogP contribution in [0.5, 0.6) is 0 Å². The zero-order valence-electron chi connectivity index (χ0n) is 14.6. The molecular weight excluding hydrogens is 358 g/mol. The lowest BCUT2D eigenvalue weighted by Crippen LogP contribution is -2.15. The minimum atomic E-state index is -0.815. The molecule has 0 fully saturated rings. The Balaban J connectivity index is 2.03. The van der Waals surface area contributed by atoms with Crippen LogP contribution < -0.4 is 0 Å². The molecule has 0 aliphatic rings. The van der Waals surface area contributed by atoms with Crippen molar-refractivity contribution in [3.05, 3.63) is 74.3 Å². The molecule has 0 unspecified atom stereocenters. The van der Waals surface area contributed by atoms with E-state index in [1.807, 2.05) is 12.1 Å². The van der Waals surface area contributed by atoms with Crippen LogP contribution in [0.2, 0.25) is 5.02 Å². The lowest BCUT2D eigenvalue weighted by Gasteiger charge is -2.18. The smallest absolute Gasteiger partial charge is 0.340 e. The van der Waals surface area contributed by atoms with E-state index in [4.69, 9.17) is 16.3 Å². The van der Waals surface area contributed by atoms with Crippen molar-refractivity contribution < 1.29 is 19.2 Å². The number of esters is 1. The van der Waals surface area contributed by atoms with Gasteiger partial charge in [-0.15, -0.1) is 0 Å². The van der Waals surface area contributed by atoms with Crippen molar-refractivity contribution in [2.24, 2.45) is 0 Å². The largest absolute Gasteiger partial charge is 0.454 e. The zero-order chi connectivity index (χ0) is 19.5. The molecule has 2 aromatic rings. The zero-order valence-corrected chi connectivity index (χ0v) is 15.4. The number of nitrogens with zero attached hydrogens (tertiary/aromatic N) is 1. The van der Waals surface area contributed by atoms with E-state index in [9.17, 15) is 19.7 Å². The van der Waals surface area contributed by atoms with Crippen LogP contribution in [0, 0.1) is 10.1 Å².